The molecule has 0 aromatic carbocycles. The molecule has 0 heterocycles. The predicted octanol–water partition coefficient (Wildman–Crippen LogP) is 0.158. The van der Waals surface area contributed by atoms with E-state index in [1.165, 1.54) is 6.92 Å². The van der Waals surface area contributed by atoms with Gasteiger partial charge in [-0.15, -0.1) is 5.06 Å². The zero-order valence-electron chi connectivity index (χ0n) is 6.18. The van der Waals surface area contributed by atoms with Gasteiger partial charge in [-0.25, -0.2) is 0 Å². The molecule has 0 aliphatic rings. The Hall–Kier alpha value is 0.430. The number of hydroxylamine groups is 2. The van der Waals surface area contributed by atoms with Crippen LogP contribution in [-0.2, 0) is 9.63 Å². The summed E-state index contributed by atoms with van der Waals surface area (Å²) >= 11 is 0. The van der Waals surface area contributed by atoms with Gasteiger partial charge >= 0.3 is 35.5 Å². The van der Waals surface area contributed by atoms with Crippen molar-refractivity contribution in [2.24, 2.45) is 0 Å². The van der Waals surface area contributed by atoms with Gasteiger partial charge < -0.3 is 4.84 Å². The molecule has 0 fully saturated rings. The van der Waals surface area contributed by atoms with Crippen LogP contribution in [0.3, 0.4) is 0 Å². The molecule has 0 spiro atoms. The maximum atomic E-state index is 10.3. The first-order chi connectivity index (χ1) is 4.20. The van der Waals surface area contributed by atoms with Crippen LogP contribution >= 0.6 is 0 Å². The molecule has 0 aliphatic heterocycles. The van der Waals surface area contributed by atoms with Crippen LogP contribution < -0.4 is 0 Å². The average molecular weight is 155 g/mol. The number of carbonyl (C=O) groups excluding carboxylic acids is 1. The normalized spacial score (nSPS) is 8.80. The van der Waals surface area contributed by atoms with E-state index in [4.69, 9.17) is 4.84 Å². The molecule has 0 saturated carbocycles. The van der Waals surface area contributed by atoms with Crippen LogP contribution in [0.4, 0.5) is 0 Å². The Morgan fingerprint density at radius 3 is 1.90 bits per heavy atom. The standard InChI is InChI=1S/C6H13NO2.Na.H/c1-4-7(5-2)9-6(3)8;;/h4-5H2,1-3H3;;. The molecule has 3 nitrogen and oxygen atoms in total. The SMILES string of the molecule is CCN(CC)OC(C)=O.[NaH]. The van der Waals surface area contributed by atoms with E-state index in [-0.39, 0.29) is 35.5 Å². The van der Waals surface area contributed by atoms with Gasteiger partial charge in [0.05, 0.1) is 0 Å². The predicted molar refractivity (Wildman–Crippen MR) is 41.8 cm³/mol. The van der Waals surface area contributed by atoms with Crippen molar-refractivity contribution >= 4 is 35.5 Å². The van der Waals surface area contributed by atoms with Crippen molar-refractivity contribution < 1.29 is 9.63 Å². The molecule has 0 bridgehead atoms. The molecule has 10 heavy (non-hydrogen) atoms. The molecule has 0 aromatic heterocycles. The minimum atomic E-state index is -0.251. The van der Waals surface area contributed by atoms with Gasteiger partial charge in [-0.05, 0) is 13.8 Å². The van der Waals surface area contributed by atoms with Gasteiger partial charge in [-0.1, -0.05) is 0 Å². The molecule has 0 radical (unpaired) electrons. The Labute approximate surface area is 84.0 Å². The molecule has 0 unspecified atom stereocenters. The van der Waals surface area contributed by atoms with Gasteiger partial charge in [0.15, 0.2) is 0 Å². The van der Waals surface area contributed by atoms with E-state index in [9.17, 15) is 4.79 Å². The zero-order chi connectivity index (χ0) is 7.28. The van der Waals surface area contributed by atoms with E-state index < -0.39 is 0 Å². The molecule has 0 atom stereocenters. The molecule has 0 rings (SSSR count). The van der Waals surface area contributed by atoms with Crippen molar-refractivity contribution in [1.29, 1.82) is 0 Å². The fourth-order valence-corrected chi connectivity index (χ4v) is 0.535. The Balaban J connectivity index is 0. The third-order valence-electron chi connectivity index (χ3n) is 0.963. The topological polar surface area (TPSA) is 29.5 Å². The fourth-order valence-electron chi connectivity index (χ4n) is 0.535. The van der Waals surface area contributed by atoms with E-state index in [0.29, 0.717) is 0 Å². The van der Waals surface area contributed by atoms with Crippen molar-refractivity contribution in [3.63, 3.8) is 0 Å². The Morgan fingerprint density at radius 2 is 1.80 bits per heavy atom. The van der Waals surface area contributed by atoms with Crippen LogP contribution in [0.15, 0.2) is 0 Å². The molecule has 4 heteroatoms. The quantitative estimate of drug-likeness (QED) is 0.429. The van der Waals surface area contributed by atoms with Gasteiger partial charge in [0.2, 0.25) is 0 Å². The fraction of sp³-hybridized carbons (Fsp3) is 0.833. The van der Waals surface area contributed by atoms with Crippen molar-refractivity contribution in [3.05, 3.63) is 0 Å². The van der Waals surface area contributed by atoms with Crippen LogP contribution in [-0.4, -0.2) is 53.7 Å². The summed E-state index contributed by atoms with van der Waals surface area (Å²) in [5.74, 6) is -0.251. The summed E-state index contributed by atoms with van der Waals surface area (Å²) in [6.45, 7) is 6.77. The summed E-state index contributed by atoms with van der Waals surface area (Å²) in [6.07, 6.45) is 0. The summed E-state index contributed by atoms with van der Waals surface area (Å²) in [5, 5.41) is 1.60. The van der Waals surface area contributed by atoms with E-state index in [1.807, 2.05) is 13.8 Å². The van der Waals surface area contributed by atoms with Crippen LogP contribution in [0.2, 0.25) is 0 Å². The number of rotatable bonds is 3. The van der Waals surface area contributed by atoms with Gasteiger partial charge in [0.25, 0.3) is 0 Å². The Morgan fingerprint density at radius 1 is 1.40 bits per heavy atom. The summed E-state index contributed by atoms with van der Waals surface area (Å²) in [4.78, 5) is 15.1. The summed E-state index contributed by atoms with van der Waals surface area (Å²) in [6, 6.07) is 0. The molecular formula is C6H14NNaO2. The molecule has 0 aliphatic carbocycles. The first-order valence-corrected chi connectivity index (χ1v) is 3.14. The second-order valence-corrected chi connectivity index (χ2v) is 1.70. The summed E-state index contributed by atoms with van der Waals surface area (Å²) in [7, 11) is 0. The number of hydrogen-bond acceptors (Lipinski definition) is 3. The maximum absolute atomic E-state index is 10.3. The van der Waals surface area contributed by atoms with Crippen LogP contribution in [0, 0.1) is 0 Å². The van der Waals surface area contributed by atoms with Gasteiger partial charge in [-0.3, -0.25) is 4.79 Å². The van der Waals surface area contributed by atoms with Gasteiger partial charge in [0, 0.05) is 20.0 Å². The minimum absolute atomic E-state index is 0. The third-order valence-corrected chi connectivity index (χ3v) is 0.963. The first-order valence-electron chi connectivity index (χ1n) is 3.14. The van der Waals surface area contributed by atoms with Gasteiger partial charge in [-0.2, -0.15) is 0 Å². The van der Waals surface area contributed by atoms with E-state index in [0.717, 1.165) is 13.1 Å². The first kappa shape index (κ1) is 13.1. The van der Waals surface area contributed by atoms with Crippen LogP contribution in [0.25, 0.3) is 0 Å². The van der Waals surface area contributed by atoms with Crippen molar-refractivity contribution in [3.8, 4) is 0 Å². The summed E-state index contributed by atoms with van der Waals surface area (Å²) < 4.78 is 0. The van der Waals surface area contributed by atoms with E-state index in [2.05, 4.69) is 0 Å². The molecule has 56 valence electrons. The number of carbonyl (C=O) groups is 1. The van der Waals surface area contributed by atoms with Gasteiger partial charge in [0.1, 0.15) is 0 Å². The van der Waals surface area contributed by atoms with Crippen molar-refractivity contribution in [2.45, 2.75) is 20.8 Å². The van der Waals surface area contributed by atoms with Crippen LogP contribution in [0.1, 0.15) is 20.8 Å². The van der Waals surface area contributed by atoms with Crippen molar-refractivity contribution in [2.75, 3.05) is 13.1 Å². The Kier molecular flexibility index (Phi) is 9.84. The van der Waals surface area contributed by atoms with Crippen LogP contribution in [0.5, 0.6) is 0 Å². The Bertz CT molecular complexity index is 93.7. The zero-order valence-corrected chi connectivity index (χ0v) is 6.18. The third kappa shape index (κ3) is 6.55. The monoisotopic (exact) mass is 155 g/mol. The average Bonchev–Trinajstić information content (AvgIpc) is 1.82. The molecule has 0 saturated heterocycles. The number of hydrogen-bond donors (Lipinski definition) is 0. The number of nitrogens with zero attached hydrogens (tertiary/aromatic N) is 1. The molecule has 0 amide bonds. The summed E-state index contributed by atoms with van der Waals surface area (Å²) in [5.41, 5.74) is 0. The molecular weight excluding hydrogens is 141 g/mol. The van der Waals surface area contributed by atoms with Crippen molar-refractivity contribution in [1.82, 2.24) is 5.06 Å². The van der Waals surface area contributed by atoms with E-state index >= 15 is 0 Å². The van der Waals surface area contributed by atoms with E-state index in [1.54, 1.807) is 5.06 Å². The molecule has 0 N–H and O–H groups in total. The molecule has 0 aromatic rings. The second-order valence-electron chi connectivity index (χ2n) is 1.70. The second kappa shape index (κ2) is 7.54.